The van der Waals surface area contributed by atoms with Crippen molar-refractivity contribution in [3.63, 3.8) is 0 Å². The van der Waals surface area contributed by atoms with Crippen molar-refractivity contribution in [1.29, 1.82) is 0 Å². The van der Waals surface area contributed by atoms with Gasteiger partial charge in [-0.2, -0.15) is 13.9 Å². The molecule has 23 heavy (non-hydrogen) atoms. The highest BCUT2D eigenvalue weighted by Gasteiger charge is 2.40. The predicted octanol–water partition coefficient (Wildman–Crippen LogP) is 4.62. The maximum absolute atomic E-state index is 14.3. The summed E-state index contributed by atoms with van der Waals surface area (Å²) >= 11 is 3.44. The summed E-state index contributed by atoms with van der Waals surface area (Å²) in [7, 11) is 0. The van der Waals surface area contributed by atoms with Crippen LogP contribution in [0.25, 0.3) is 16.5 Å². The molecule has 1 aliphatic carbocycles. The maximum Gasteiger partial charge on any atom is 0.293 e. The summed E-state index contributed by atoms with van der Waals surface area (Å²) in [6.45, 7) is 0.664. The van der Waals surface area contributed by atoms with Crippen LogP contribution in [0.1, 0.15) is 36.6 Å². The lowest BCUT2D eigenvalue weighted by molar-refractivity contribution is -0.0367. The number of halogens is 3. The number of terminal acetylenes is 1. The number of ether oxygens (including phenoxy) is 1. The van der Waals surface area contributed by atoms with Crippen molar-refractivity contribution in [1.82, 2.24) is 9.78 Å². The number of fused-ring (bicyclic) bond motifs is 2. The summed E-state index contributed by atoms with van der Waals surface area (Å²) in [5, 5.41) is 5.13. The first kappa shape index (κ1) is 14.9. The second-order valence-corrected chi connectivity index (χ2v) is 6.57. The maximum atomic E-state index is 14.3. The lowest BCUT2D eigenvalue weighted by atomic mass is 10.0. The number of aromatic nitrogens is 2. The summed E-state index contributed by atoms with van der Waals surface area (Å²) in [6, 6.07) is 1.49. The van der Waals surface area contributed by atoms with Crippen molar-refractivity contribution >= 4 is 32.4 Å². The third-order valence-electron chi connectivity index (χ3n) is 4.38. The average Bonchev–Trinajstić information content (AvgIpc) is 3.08. The number of alkyl halides is 2. The quantitative estimate of drug-likeness (QED) is 0.677. The van der Waals surface area contributed by atoms with Crippen LogP contribution in [-0.2, 0) is 10.7 Å². The Morgan fingerprint density at radius 2 is 2.26 bits per heavy atom. The Bertz CT molecular complexity index is 873. The van der Waals surface area contributed by atoms with Gasteiger partial charge in [0.25, 0.3) is 5.92 Å². The van der Waals surface area contributed by atoms with Crippen molar-refractivity contribution in [3.8, 4) is 12.3 Å². The lowest BCUT2D eigenvalue weighted by Crippen LogP contribution is -2.19. The second kappa shape index (κ2) is 5.15. The van der Waals surface area contributed by atoms with Crippen LogP contribution in [0.3, 0.4) is 0 Å². The first-order valence-corrected chi connectivity index (χ1v) is 8.21. The molecule has 2 aromatic rings. The van der Waals surface area contributed by atoms with Crippen molar-refractivity contribution in [2.75, 3.05) is 6.61 Å². The van der Waals surface area contributed by atoms with Crippen molar-refractivity contribution in [3.05, 3.63) is 33.9 Å². The molecular weight excluding hydrogens is 366 g/mol. The molecule has 1 aromatic carbocycles. The summed E-state index contributed by atoms with van der Waals surface area (Å²) < 4.78 is 36.6. The van der Waals surface area contributed by atoms with E-state index < -0.39 is 5.92 Å². The topological polar surface area (TPSA) is 27.1 Å². The molecule has 1 aromatic heterocycles. The third-order valence-corrected chi connectivity index (χ3v) is 5.20. The van der Waals surface area contributed by atoms with Crippen molar-refractivity contribution in [2.24, 2.45) is 0 Å². The van der Waals surface area contributed by atoms with E-state index in [0.29, 0.717) is 22.2 Å². The van der Waals surface area contributed by atoms with E-state index in [-0.39, 0.29) is 17.4 Å². The summed E-state index contributed by atoms with van der Waals surface area (Å²) in [5.74, 6) is -0.723. The van der Waals surface area contributed by atoms with E-state index in [2.05, 4.69) is 26.9 Å². The molecule has 6 heteroatoms. The first-order valence-electron chi connectivity index (χ1n) is 7.42. The molecule has 118 valence electrons. The van der Waals surface area contributed by atoms with Crippen LogP contribution in [0.4, 0.5) is 8.78 Å². The average molecular weight is 379 g/mol. The monoisotopic (exact) mass is 378 g/mol. The standard InChI is InChI=1S/C17H13BrF2N2O/c1-2-10-8-17(19,20)12-7-13-11(16(18)15(10)12)9-21-22(13)14-5-3-4-6-23-14/h1,7-9,14H,3-6H2. The Hall–Kier alpha value is -1.71. The van der Waals surface area contributed by atoms with Crippen LogP contribution in [-0.4, -0.2) is 16.4 Å². The Morgan fingerprint density at radius 3 is 2.96 bits per heavy atom. The molecule has 1 aliphatic heterocycles. The smallest absolute Gasteiger partial charge is 0.293 e. The molecule has 3 nitrogen and oxygen atoms in total. The Labute approximate surface area is 140 Å². The normalized spacial score (nSPS) is 22.7. The first-order chi connectivity index (χ1) is 11.0. The van der Waals surface area contributed by atoms with Crippen LogP contribution >= 0.6 is 15.9 Å². The highest BCUT2D eigenvalue weighted by atomic mass is 79.9. The molecular formula is C17H13BrF2N2O. The zero-order valence-corrected chi connectivity index (χ0v) is 13.7. The minimum Gasteiger partial charge on any atom is -0.356 e. The van der Waals surface area contributed by atoms with Gasteiger partial charge in [0.1, 0.15) is 0 Å². The minimum atomic E-state index is -3.07. The van der Waals surface area contributed by atoms with E-state index in [9.17, 15) is 8.78 Å². The van der Waals surface area contributed by atoms with E-state index >= 15 is 0 Å². The summed E-state index contributed by atoms with van der Waals surface area (Å²) in [5.41, 5.74) is 1.14. The van der Waals surface area contributed by atoms with Gasteiger partial charge < -0.3 is 4.74 Å². The van der Waals surface area contributed by atoms with Crippen molar-refractivity contribution < 1.29 is 13.5 Å². The molecule has 1 saturated heterocycles. The predicted molar refractivity (Wildman–Crippen MR) is 87.0 cm³/mol. The number of rotatable bonds is 1. The highest BCUT2D eigenvalue weighted by Crippen LogP contribution is 2.48. The summed E-state index contributed by atoms with van der Waals surface area (Å²) in [4.78, 5) is 0. The zero-order valence-electron chi connectivity index (χ0n) is 12.2. The molecule has 0 N–H and O–H groups in total. The lowest BCUT2D eigenvalue weighted by Gasteiger charge is -2.24. The van der Waals surface area contributed by atoms with Gasteiger partial charge in [0.2, 0.25) is 0 Å². The Morgan fingerprint density at radius 1 is 1.43 bits per heavy atom. The number of hydrogen-bond donors (Lipinski definition) is 0. The van der Waals surface area contributed by atoms with Crippen LogP contribution in [0.2, 0.25) is 0 Å². The molecule has 0 saturated carbocycles. The van der Waals surface area contributed by atoms with Gasteiger partial charge >= 0.3 is 0 Å². The molecule has 1 fully saturated rings. The van der Waals surface area contributed by atoms with E-state index in [1.165, 1.54) is 6.07 Å². The molecule has 0 radical (unpaired) electrons. The fraction of sp³-hybridized carbons (Fsp3) is 0.353. The minimum absolute atomic E-state index is 0.0811. The number of hydrogen-bond acceptors (Lipinski definition) is 2. The number of allylic oxidation sites excluding steroid dienone is 2. The van der Waals surface area contributed by atoms with E-state index in [1.54, 1.807) is 10.9 Å². The van der Waals surface area contributed by atoms with Gasteiger partial charge in [-0.25, -0.2) is 4.68 Å². The molecule has 1 unspecified atom stereocenters. The van der Waals surface area contributed by atoms with Gasteiger partial charge in [0, 0.05) is 39.2 Å². The zero-order chi connectivity index (χ0) is 16.2. The van der Waals surface area contributed by atoms with Crippen LogP contribution in [0, 0.1) is 12.3 Å². The van der Waals surface area contributed by atoms with Gasteiger partial charge in [-0.15, -0.1) is 6.42 Å². The molecule has 4 rings (SSSR count). The van der Waals surface area contributed by atoms with Crippen molar-refractivity contribution in [2.45, 2.75) is 31.4 Å². The SMILES string of the molecule is C#CC1=CC(F)(F)c2cc3c(cnn3C3CCCCO3)c(Br)c21. The second-order valence-electron chi connectivity index (χ2n) is 5.78. The van der Waals surface area contributed by atoms with Crippen LogP contribution in [0.5, 0.6) is 0 Å². The molecule has 0 amide bonds. The number of nitrogens with zero attached hydrogens (tertiary/aromatic N) is 2. The van der Waals surface area contributed by atoms with Gasteiger partial charge in [0.05, 0.1) is 11.7 Å². The Balaban J connectivity index is 1.94. The molecule has 1 atom stereocenters. The molecule has 2 heterocycles. The summed E-state index contributed by atoms with van der Waals surface area (Å²) in [6.07, 6.45) is 10.6. The Kier molecular flexibility index (Phi) is 3.33. The largest absolute Gasteiger partial charge is 0.356 e. The van der Waals surface area contributed by atoms with Gasteiger partial charge in [-0.1, -0.05) is 5.92 Å². The number of benzene rings is 1. The van der Waals surface area contributed by atoms with Gasteiger partial charge in [-0.3, -0.25) is 0 Å². The van der Waals surface area contributed by atoms with Crippen LogP contribution < -0.4 is 0 Å². The molecule has 0 spiro atoms. The fourth-order valence-corrected chi connectivity index (χ4v) is 4.00. The highest BCUT2D eigenvalue weighted by molar-refractivity contribution is 9.10. The van der Waals surface area contributed by atoms with Gasteiger partial charge in [-0.05, 0) is 41.3 Å². The molecule has 2 aliphatic rings. The van der Waals surface area contributed by atoms with E-state index in [1.807, 2.05) is 0 Å². The van der Waals surface area contributed by atoms with E-state index in [4.69, 9.17) is 11.2 Å². The third kappa shape index (κ3) is 2.14. The fourth-order valence-electron chi connectivity index (χ4n) is 3.26. The molecule has 0 bridgehead atoms. The van der Waals surface area contributed by atoms with Crippen LogP contribution in [0.15, 0.2) is 22.8 Å². The van der Waals surface area contributed by atoms with Gasteiger partial charge in [0.15, 0.2) is 6.23 Å². The van der Waals surface area contributed by atoms with E-state index in [0.717, 1.165) is 30.7 Å².